The summed E-state index contributed by atoms with van der Waals surface area (Å²) in [5.41, 5.74) is 8.42. The molecule has 0 aliphatic carbocycles. The lowest BCUT2D eigenvalue weighted by Gasteiger charge is -2.33. The quantitative estimate of drug-likeness (QED) is 0.310. The zero-order valence-corrected chi connectivity index (χ0v) is 26.6. The molecule has 0 unspecified atom stereocenters. The second kappa shape index (κ2) is 14.0. The predicted molar refractivity (Wildman–Crippen MR) is 183 cm³/mol. The van der Waals surface area contributed by atoms with E-state index >= 15 is 0 Å². The van der Waals surface area contributed by atoms with Crippen LogP contribution in [0.15, 0.2) is 97.1 Å². The molecule has 0 saturated carbocycles. The molecule has 0 radical (unpaired) electrons. The maximum atomic E-state index is 13.8. The van der Waals surface area contributed by atoms with Gasteiger partial charge in [0.15, 0.2) is 0 Å². The SMILES string of the molecule is Cc1ccc(-c2ccccc2C(=O)Nc2ccc(C(=O)N3CCC(=O)N(CC(=O)NN4CCN(C)CC4)c4ccccc43)cc2)cc1. The monoisotopic (exact) mass is 630 g/mol. The number of rotatable bonds is 7. The summed E-state index contributed by atoms with van der Waals surface area (Å²) in [6, 6.07) is 29.4. The van der Waals surface area contributed by atoms with Gasteiger partial charge in [0.25, 0.3) is 17.7 Å². The lowest BCUT2D eigenvalue weighted by atomic mass is 9.98. The Bertz CT molecular complexity index is 1780. The first-order chi connectivity index (χ1) is 22.8. The van der Waals surface area contributed by atoms with Gasteiger partial charge in [0.2, 0.25) is 5.91 Å². The minimum atomic E-state index is -0.281. The zero-order valence-electron chi connectivity index (χ0n) is 26.6. The lowest BCUT2D eigenvalue weighted by molar-refractivity contribution is -0.127. The van der Waals surface area contributed by atoms with Crippen LogP contribution >= 0.6 is 0 Å². The Labute approximate surface area is 274 Å². The number of likely N-dealkylation sites (N-methyl/N-ethyl adjacent to an activating group) is 1. The molecule has 10 heteroatoms. The van der Waals surface area contributed by atoms with E-state index in [1.54, 1.807) is 53.4 Å². The molecule has 0 spiro atoms. The third kappa shape index (κ3) is 7.24. The molecule has 2 N–H and O–H groups in total. The van der Waals surface area contributed by atoms with Gasteiger partial charge < -0.3 is 20.0 Å². The highest BCUT2D eigenvalue weighted by molar-refractivity contribution is 6.12. The van der Waals surface area contributed by atoms with Gasteiger partial charge in [-0.2, -0.15) is 0 Å². The number of amides is 4. The molecule has 1 fully saturated rings. The first-order valence-electron chi connectivity index (χ1n) is 15.8. The van der Waals surface area contributed by atoms with Crippen LogP contribution in [0.1, 0.15) is 32.7 Å². The third-order valence-electron chi connectivity index (χ3n) is 8.57. The van der Waals surface area contributed by atoms with Gasteiger partial charge in [0.05, 0.1) is 11.4 Å². The summed E-state index contributed by atoms with van der Waals surface area (Å²) in [5.74, 6) is -1.05. The average molecular weight is 631 g/mol. The number of hydrazine groups is 1. The van der Waals surface area contributed by atoms with Crippen molar-refractivity contribution in [1.29, 1.82) is 0 Å². The Kier molecular flexibility index (Phi) is 9.42. The van der Waals surface area contributed by atoms with Crippen LogP contribution in [-0.4, -0.2) is 79.9 Å². The van der Waals surface area contributed by atoms with Crippen LogP contribution in [0.25, 0.3) is 11.1 Å². The molecular weight excluding hydrogens is 592 g/mol. The van der Waals surface area contributed by atoms with E-state index in [2.05, 4.69) is 15.6 Å². The highest BCUT2D eigenvalue weighted by Crippen LogP contribution is 2.34. The number of nitrogens with zero attached hydrogens (tertiary/aromatic N) is 4. The average Bonchev–Trinajstić information content (AvgIpc) is 3.22. The van der Waals surface area contributed by atoms with Crippen molar-refractivity contribution in [2.45, 2.75) is 13.3 Å². The fourth-order valence-electron chi connectivity index (χ4n) is 5.89. The van der Waals surface area contributed by atoms with Crippen LogP contribution in [0.5, 0.6) is 0 Å². The first-order valence-corrected chi connectivity index (χ1v) is 15.8. The molecule has 2 aliphatic heterocycles. The summed E-state index contributed by atoms with van der Waals surface area (Å²) in [6.07, 6.45) is 0.0662. The van der Waals surface area contributed by atoms with E-state index in [1.807, 2.05) is 67.5 Å². The summed E-state index contributed by atoms with van der Waals surface area (Å²) < 4.78 is 0. The molecule has 0 aromatic heterocycles. The lowest BCUT2D eigenvalue weighted by Crippen LogP contribution is -2.54. The third-order valence-corrected chi connectivity index (χ3v) is 8.57. The van der Waals surface area contributed by atoms with Gasteiger partial charge in [-0.05, 0) is 67.6 Å². The van der Waals surface area contributed by atoms with E-state index in [1.165, 1.54) is 4.90 Å². The molecule has 4 aromatic rings. The van der Waals surface area contributed by atoms with Crippen molar-refractivity contribution in [2.75, 3.05) is 61.4 Å². The van der Waals surface area contributed by atoms with Gasteiger partial charge in [0, 0.05) is 56.0 Å². The molecule has 240 valence electrons. The summed E-state index contributed by atoms with van der Waals surface area (Å²) in [6.45, 7) is 5.14. The molecule has 6 rings (SSSR count). The van der Waals surface area contributed by atoms with E-state index in [-0.39, 0.29) is 43.1 Å². The highest BCUT2D eigenvalue weighted by Gasteiger charge is 2.31. The van der Waals surface area contributed by atoms with Crippen LogP contribution in [-0.2, 0) is 9.59 Å². The second-order valence-electron chi connectivity index (χ2n) is 11.9. The number of hydrogen-bond acceptors (Lipinski definition) is 6. The second-order valence-corrected chi connectivity index (χ2v) is 11.9. The van der Waals surface area contributed by atoms with E-state index < -0.39 is 0 Å². The Morgan fingerprint density at radius 1 is 0.745 bits per heavy atom. The number of benzene rings is 4. The topological polar surface area (TPSA) is 105 Å². The first kappa shape index (κ1) is 31.7. The van der Waals surface area contributed by atoms with Gasteiger partial charge >= 0.3 is 0 Å². The van der Waals surface area contributed by atoms with Crippen molar-refractivity contribution >= 4 is 40.7 Å². The molecule has 10 nitrogen and oxygen atoms in total. The molecule has 0 atom stereocenters. The van der Waals surface area contributed by atoms with Crippen LogP contribution in [0.3, 0.4) is 0 Å². The number of fused-ring (bicyclic) bond motifs is 1. The minimum Gasteiger partial charge on any atom is -0.322 e. The summed E-state index contributed by atoms with van der Waals surface area (Å²) in [4.78, 5) is 58.7. The normalized spacial score (nSPS) is 15.5. The maximum absolute atomic E-state index is 13.8. The van der Waals surface area contributed by atoms with Crippen molar-refractivity contribution in [2.24, 2.45) is 0 Å². The molecule has 0 bridgehead atoms. The van der Waals surface area contributed by atoms with Crippen molar-refractivity contribution in [1.82, 2.24) is 15.3 Å². The number of aryl methyl sites for hydroxylation is 1. The predicted octanol–water partition coefficient (Wildman–Crippen LogP) is 4.58. The Balaban J connectivity index is 1.16. The van der Waals surface area contributed by atoms with Crippen LogP contribution in [0.2, 0.25) is 0 Å². The van der Waals surface area contributed by atoms with Gasteiger partial charge in [0.1, 0.15) is 6.54 Å². The number of anilines is 3. The highest BCUT2D eigenvalue weighted by atomic mass is 16.2. The molecule has 2 aliphatic rings. The standard InChI is InChI=1S/C37H38N6O4/c1-26-11-13-27(14-12-26)30-7-3-4-8-31(30)36(46)38-29-17-15-28(16-18-29)37(47)42-20-19-35(45)43(33-10-6-5-9-32(33)42)25-34(44)39-41-23-21-40(2)22-24-41/h3-18H,19-25H2,1-2H3,(H,38,46)(H,39,44). The van der Waals surface area contributed by atoms with Gasteiger partial charge in [-0.1, -0.05) is 60.2 Å². The van der Waals surface area contributed by atoms with E-state index in [0.717, 1.165) is 29.8 Å². The number of hydrogen-bond donors (Lipinski definition) is 2. The molecule has 4 amide bonds. The molecule has 1 saturated heterocycles. The Morgan fingerprint density at radius 2 is 1.40 bits per heavy atom. The Hall–Kier alpha value is -5.32. The molecule has 2 heterocycles. The van der Waals surface area contributed by atoms with Crippen LogP contribution in [0.4, 0.5) is 17.1 Å². The molecule has 4 aromatic carbocycles. The smallest absolute Gasteiger partial charge is 0.258 e. The summed E-state index contributed by atoms with van der Waals surface area (Å²) >= 11 is 0. The van der Waals surface area contributed by atoms with Gasteiger partial charge in [-0.15, -0.1) is 0 Å². The fourth-order valence-corrected chi connectivity index (χ4v) is 5.89. The minimum absolute atomic E-state index is 0.0662. The van der Waals surface area contributed by atoms with E-state index in [0.29, 0.717) is 41.3 Å². The summed E-state index contributed by atoms with van der Waals surface area (Å²) in [7, 11) is 2.04. The van der Waals surface area contributed by atoms with Gasteiger partial charge in [-0.25, -0.2) is 5.01 Å². The van der Waals surface area contributed by atoms with E-state index in [4.69, 9.17) is 0 Å². The van der Waals surface area contributed by atoms with Crippen molar-refractivity contribution < 1.29 is 19.2 Å². The number of para-hydroxylation sites is 2. The van der Waals surface area contributed by atoms with Crippen LogP contribution < -0.4 is 20.5 Å². The van der Waals surface area contributed by atoms with Gasteiger partial charge in [-0.3, -0.25) is 24.6 Å². The van der Waals surface area contributed by atoms with Crippen molar-refractivity contribution in [3.05, 3.63) is 114 Å². The Morgan fingerprint density at radius 3 is 2.13 bits per heavy atom. The molecular formula is C37H38N6O4. The fraction of sp³-hybridized carbons (Fsp3) is 0.243. The number of carbonyl (C=O) groups excluding carboxylic acids is 4. The van der Waals surface area contributed by atoms with Crippen molar-refractivity contribution in [3.63, 3.8) is 0 Å². The molecule has 47 heavy (non-hydrogen) atoms. The number of piperazine rings is 1. The van der Waals surface area contributed by atoms with Crippen molar-refractivity contribution in [3.8, 4) is 11.1 Å². The van der Waals surface area contributed by atoms with Crippen LogP contribution in [0, 0.1) is 6.92 Å². The summed E-state index contributed by atoms with van der Waals surface area (Å²) in [5, 5.41) is 4.83. The largest absolute Gasteiger partial charge is 0.322 e. The number of carbonyl (C=O) groups is 4. The maximum Gasteiger partial charge on any atom is 0.258 e. The number of nitrogens with one attached hydrogen (secondary N) is 2. The van der Waals surface area contributed by atoms with E-state index in [9.17, 15) is 19.2 Å². The zero-order chi connectivity index (χ0) is 32.9.